The van der Waals surface area contributed by atoms with Crippen molar-refractivity contribution in [1.82, 2.24) is 0 Å². The third kappa shape index (κ3) is 4.19. The molecule has 0 aliphatic heterocycles. The van der Waals surface area contributed by atoms with Crippen molar-refractivity contribution in [1.29, 1.82) is 0 Å². The summed E-state index contributed by atoms with van der Waals surface area (Å²) >= 11 is 0. The maximum atomic E-state index is 14.7. The minimum Gasteiger partial charge on any atom is -0.465 e. The van der Waals surface area contributed by atoms with Crippen LogP contribution in [0.1, 0.15) is 20.7 Å². The summed E-state index contributed by atoms with van der Waals surface area (Å²) in [6, 6.07) is 8.98. The number of anilines is 1. The highest BCUT2D eigenvalue weighted by Crippen LogP contribution is 2.24. The van der Waals surface area contributed by atoms with Crippen LogP contribution in [-0.2, 0) is 9.47 Å². The van der Waals surface area contributed by atoms with E-state index < -0.39 is 23.5 Å². The molecule has 0 N–H and O–H groups in total. The van der Waals surface area contributed by atoms with E-state index in [1.165, 1.54) is 37.4 Å². The zero-order valence-electron chi connectivity index (χ0n) is 13.8. The lowest BCUT2D eigenvalue weighted by molar-refractivity contribution is 0.0595. The van der Waals surface area contributed by atoms with Gasteiger partial charge in [0.05, 0.1) is 25.0 Å². The predicted molar refractivity (Wildman–Crippen MR) is 87.7 cm³/mol. The fourth-order valence-electron chi connectivity index (χ4n) is 2.26. The van der Waals surface area contributed by atoms with E-state index in [1.54, 1.807) is 0 Å². The average molecular weight is 349 g/mol. The van der Waals surface area contributed by atoms with Crippen LogP contribution < -0.4 is 4.90 Å². The highest BCUT2D eigenvalue weighted by atomic mass is 19.1. The number of rotatable bonds is 6. The van der Waals surface area contributed by atoms with Crippen LogP contribution in [0.25, 0.3) is 0 Å². The fourth-order valence-corrected chi connectivity index (χ4v) is 2.26. The maximum absolute atomic E-state index is 14.7. The molecule has 5 nitrogen and oxygen atoms in total. The number of halogens is 2. The van der Waals surface area contributed by atoms with Gasteiger partial charge in [-0.3, -0.25) is 4.79 Å². The highest BCUT2D eigenvalue weighted by Gasteiger charge is 2.24. The normalized spacial score (nSPS) is 10.4. The summed E-state index contributed by atoms with van der Waals surface area (Å²) in [6.07, 6.45) is 0. The smallest absolute Gasteiger partial charge is 0.340 e. The molecular formula is C18H17F2NO4. The number of hydrogen-bond acceptors (Lipinski definition) is 4. The SMILES string of the molecule is COCCN(C(=O)c1ccc(F)cc1)c1cccc(C(=O)OC)c1F. The highest BCUT2D eigenvalue weighted by molar-refractivity contribution is 6.06. The lowest BCUT2D eigenvalue weighted by Gasteiger charge is -2.23. The van der Waals surface area contributed by atoms with E-state index in [4.69, 9.17) is 4.74 Å². The van der Waals surface area contributed by atoms with Crippen LogP contribution in [0.3, 0.4) is 0 Å². The molecule has 2 aromatic rings. The van der Waals surface area contributed by atoms with Crippen molar-refractivity contribution in [3.8, 4) is 0 Å². The predicted octanol–water partition coefficient (Wildman–Crippen LogP) is 3.04. The molecular weight excluding hydrogens is 332 g/mol. The number of esters is 1. The van der Waals surface area contributed by atoms with Gasteiger partial charge in [-0.1, -0.05) is 6.07 Å². The van der Waals surface area contributed by atoms with Gasteiger partial charge in [-0.15, -0.1) is 0 Å². The first-order chi connectivity index (χ1) is 12.0. The Balaban J connectivity index is 2.45. The Bertz CT molecular complexity index is 762. The zero-order valence-corrected chi connectivity index (χ0v) is 13.8. The van der Waals surface area contributed by atoms with Crippen LogP contribution >= 0.6 is 0 Å². The number of carbonyl (C=O) groups is 2. The van der Waals surface area contributed by atoms with Crippen molar-refractivity contribution in [2.24, 2.45) is 0 Å². The standard InChI is InChI=1S/C18H17F2NO4/c1-24-11-10-21(17(22)12-6-8-13(19)9-7-12)15-5-3-4-14(16(15)20)18(23)25-2/h3-9H,10-11H2,1-2H3. The Labute approximate surface area is 143 Å². The zero-order chi connectivity index (χ0) is 18.4. The molecule has 0 saturated heterocycles. The van der Waals surface area contributed by atoms with Crippen molar-refractivity contribution in [3.05, 3.63) is 65.2 Å². The van der Waals surface area contributed by atoms with Crippen molar-refractivity contribution in [3.63, 3.8) is 0 Å². The summed E-state index contributed by atoms with van der Waals surface area (Å²) in [7, 11) is 2.59. The molecule has 0 fully saturated rings. The average Bonchev–Trinajstić information content (AvgIpc) is 2.63. The molecule has 7 heteroatoms. The maximum Gasteiger partial charge on any atom is 0.340 e. The molecule has 0 aliphatic carbocycles. The van der Waals surface area contributed by atoms with Gasteiger partial charge in [-0.2, -0.15) is 0 Å². The van der Waals surface area contributed by atoms with Gasteiger partial charge in [-0.25, -0.2) is 13.6 Å². The van der Waals surface area contributed by atoms with Gasteiger partial charge < -0.3 is 14.4 Å². The number of nitrogens with zero attached hydrogens (tertiary/aromatic N) is 1. The van der Waals surface area contributed by atoms with Gasteiger partial charge in [0.2, 0.25) is 0 Å². The van der Waals surface area contributed by atoms with E-state index in [0.29, 0.717) is 0 Å². The van der Waals surface area contributed by atoms with Crippen molar-refractivity contribution in [2.45, 2.75) is 0 Å². The number of benzene rings is 2. The third-order valence-corrected chi connectivity index (χ3v) is 3.53. The summed E-state index contributed by atoms with van der Waals surface area (Å²) in [5.41, 5.74) is -0.191. The second kappa shape index (κ2) is 8.34. The van der Waals surface area contributed by atoms with Crippen molar-refractivity contribution >= 4 is 17.6 Å². The van der Waals surface area contributed by atoms with Crippen LogP contribution in [0.15, 0.2) is 42.5 Å². The molecule has 0 saturated carbocycles. The number of carbonyl (C=O) groups excluding carboxylic acids is 2. The molecule has 0 unspecified atom stereocenters. The van der Waals surface area contributed by atoms with Crippen molar-refractivity contribution < 1.29 is 27.8 Å². The molecule has 0 bridgehead atoms. The first kappa shape index (κ1) is 18.5. The van der Waals surface area contributed by atoms with Crippen LogP contribution in [0.5, 0.6) is 0 Å². The van der Waals surface area contributed by atoms with Crippen LogP contribution in [-0.4, -0.2) is 39.2 Å². The Morgan fingerprint density at radius 2 is 1.72 bits per heavy atom. The summed E-state index contributed by atoms with van der Waals surface area (Å²) in [5.74, 6) is -2.75. The van der Waals surface area contributed by atoms with Gasteiger partial charge >= 0.3 is 5.97 Å². The first-order valence-corrected chi connectivity index (χ1v) is 7.42. The molecule has 132 valence electrons. The molecule has 25 heavy (non-hydrogen) atoms. The van der Waals surface area contributed by atoms with E-state index in [0.717, 1.165) is 24.1 Å². The molecule has 0 atom stereocenters. The molecule has 2 rings (SSSR count). The quantitative estimate of drug-likeness (QED) is 0.752. The van der Waals surface area contributed by atoms with E-state index in [1.807, 2.05) is 0 Å². The number of hydrogen-bond donors (Lipinski definition) is 0. The molecule has 0 radical (unpaired) electrons. The van der Waals surface area contributed by atoms with E-state index in [2.05, 4.69) is 4.74 Å². The minimum absolute atomic E-state index is 0.0499. The van der Waals surface area contributed by atoms with Crippen LogP contribution in [0.2, 0.25) is 0 Å². The first-order valence-electron chi connectivity index (χ1n) is 7.42. The van der Waals surface area contributed by atoms with Crippen LogP contribution in [0.4, 0.5) is 14.5 Å². The Morgan fingerprint density at radius 3 is 2.32 bits per heavy atom. The van der Waals surface area contributed by atoms with Gasteiger partial charge in [-0.05, 0) is 36.4 Å². The largest absolute Gasteiger partial charge is 0.465 e. The molecule has 1 amide bonds. The van der Waals surface area contributed by atoms with E-state index in [-0.39, 0.29) is 30.0 Å². The summed E-state index contributed by atoms with van der Waals surface area (Å²) in [6.45, 7) is 0.198. The van der Waals surface area contributed by atoms with E-state index in [9.17, 15) is 18.4 Å². The number of amides is 1. The molecule has 0 aromatic heterocycles. The Hall–Kier alpha value is -2.80. The topological polar surface area (TPSA) is 55.8 Å². The summed E-state index contributed by atoms with van der Waals surface area (Å²) < 4.78 is 37.3. The molecule has 0 spiro atoms. The lowest BCUT2D eigenvalue weighted by Crippen LogP contribution is -2.35. The molecule has 0 aliphatic rings. The van der Waals surface area contributed by atoms with Crippen molar-refractivity contribution in [2.75, 3.05) is 32.3 Å². The summed E-state index contributed by atoms with van der Waals surface area (Å²) in [4.78, 5) is 25.5. The van der Waals surface area contributed by atoms with Gasteiger partial charge in [0.25, 0.3) is 5.91 Å². The minimum atomic E-state index is -0.874. The summed E-state index contributed by atoms with van der Waals surface area (Å²) in [5, 5.41) is 0. The van der Waals surface area contributed by atoms with Crippen LogP contribution in [0, 0.1) is 11.6 Å². The Morgan fingerprint density at radius 1 is 1.04 bits per heavy atom. The Kier molecular flexibility index (Phi) is 6.19. The number of methoxy groups -OCH3 is 2. The lowest BCUT2D eigenvalue weighted by atomic mass is 10.1. The van der Waals surface area contributed by atoms with E-state index >= 15 is 0 Å². The third-order valence-electron chi connectivity index (χ3n) is 3.53. The second-order valence-corrected chi connectivity index (χ2v) is 5.09. The second-order valence-electron chi connectivity index (χ2n) is 5.09. The van der Waals surface area contributed by atoms with Gasteiger partial charge in [0.15, 0.2) is 5.82 Å². The number of ether oxygens (including phenoxy) is 2. The molecule has 0 heterocycles. The fraction of sp³-hybridized carbons (Fsp3) is 0.222. The van der Waals surface area contributed by atoms with Gasteiger partial charge in [0.1, 0.15) is 5.82 Å². The van der Waals surface area contributed by atoms with Gasteiger partial charge in [0, 0.05) is 19.2 Å². The molecule has 2 aromatic carbocycles. The monoisotopic (exact) mass is 349 g/mol.